The van der Waals surface area contributed by atoms with E-state index in [0.717, 1.165) is 30.7 Å². The van der Waals surface area contributed by atoms with Gasteiger partial charge in [0, 0.05) is 5.56 Å². The van der Waals surface area contributed by atoms with Crippen LogP contribution in [0.4, 0.5) is 4.39 Å². The molecule has 2 aromatic rings. The van der Waals surface area contributed by atoms with E-state index in [9.17, 15) is 4.39 Å². The van der Waals surface area contributed by atoms with Crippen molar-refractivity contribution in [3.8, 4) is 5.75 Å². The van der Waals surface area contributed by atoms with Gasteiger partial charge in [0.15, 0.2) is 0 Å². The highest BCUT2D eigenvalue weighted by Crippen LogP contribution is 2.48. The summed E-state index contributed by atoms with van der Waals surface area (Å²) in [7, 11) is 1.63. The van der Waals surface area contributed by atoms with Crippen molar-refractivity contribution in [3.05, 3.63) is 64.5 Å². The van der Waals surface area contributed by atoms with Gasteiger partial charge in [-0.3, -0.25) is 0 Å². The van der Waals surface area contributed by atoms with E-state index in [4.69, 9.17) is 4.74 Å². The van der Waals surface area contributed by atoms with Crippen molar-refractivity contribution >= 4 is 0 Å². The van der Waals surface area contributed by atoms with Gasteiger partial charge in [-0.25, -0.2) is 4.39 Å². The molecule has 2 heteroatoms. The van der Waals surface area contributed by atoms with Crippen molar-refractivity contribution in [2.45, 2.75) is 77.6 Å². The van der Waals surface area contributed by atoms with Crippen molar-refractivity contribution in [2.24, 2.45) is 11.3 Å². The highest BCUT2D eigenvalue weighted by Gasteiger charge is 2.34. The quantitative estimate of drug-likeness (QED) is 0.501. The molecule has 0 N–H and O–H groups in total. The summed E-state index contributed by atoms with van der Waals surface area (Å²) in [5.41, 5.74) is 5.92. The molecule has 0 aromatic heterocycles. The molecule has 2 aliphatic rings. The SMILES string of the molecule is CC[C@@]1(C)CC[C@H](c2ccc3c(c2)CC[C@@H](CCc2c(F)cccc2OC)C3)C1. The molecule has 156 valence electrons. The van der Waals surface area contributed by atoms with Crippen LogP contribution in [0.1, 0.15) is 80.5 Å². The number of rotatable bonds is 6. The van der Waals surface area contributed by atoms with Crippen molar-refractivity contribution in [2.75, 3.05) is 7.11 Å². The first-order valence-corrected chi connectivity index (χ1v) is 11.4. The van der Waals surface area contributed by atoms with Crippen molar-refractivity contribution in [3.63, 3.8) is 0 Å². The molecule has 29 heavy (non-hydrogen) atoms. The van der Waals surface area contributed by atoms with Crippen molar-refractivity contribution in [1.82, 2.24) is 0 Å². The Labute approximate surface area is 175 Å². The molecule has 1 nitrogen and oxygen atoms in total. The van der Waals surface area contributed by atoms with Crippen molar-refractivity contribution < 1.29 is 9.13 Å². The average molecular weight is 395 g/mol. The third kappa shape index (κ3) is 4.37. The molecule has 0 unspecified atom stereocenters. The van der Waals surface area contributed by atoms with E-state index in [1.165, 1.54) is 44.1 Å². The molecule has 0 spiro atoms. The predicted molar refractivity (Wildman–Crippen MR) is 118 cm³/mol. The predicted octanol–water partition coefficient (Wildman–Crippen LogP) is 7.26. The fraction of sp³-hybridized carbons (Fsp3) is 0.556. The van der Waals surface area contributed by atoms with Crippen LogP contribution in [0.25, 0.3) is 0 Å². The molecule has 0 bridgehead atoms. The van der Waals surface area contributed by atoms with E-state index >= 15 is 0 Å². The average Bonchev–Trinajstić information content (AvgIpc) is 3.15. The summed E-state index contributed by atoms with van der Waals surface area (Å²) in [6.07, 6.45) is 10.6. The maximum absolute atomic E-state index is 14.2. The van der Waals surface area contributed by atoms with E-state index in [-0.39, 0.29) is 5.82 Å². The molecule has 0 saturated heterocycles. The standard InChI is InChI=1S/C27H35FO/c1-4-27(2)15-14-23(18-27)22-12-11-20-16-19(8-10-21(20)17-22)9-13-24-25(28)6-5-7-26(24)29-3/h5-7,11-12,17,19,23H,4,8-10,13-16,18H2,1-3H3/t19-,23-,27-/m0/s1. The third-order valence-electron chi connectivity index (χ3n) is 7.82. The summed E-state index contributed by atoms with van der Waals surface area (Å²) in [5.74, 6) is 1.92. The van der Waals surface area contributed by atoms with Gasteiger partial charge in [-0.05, 0) is 97.4 Å². The minimum atomic E-state index is -0.138. The maximum Gasteiger partial charge on any atom is 0.130 e. The number of methoxy groups -OCH3 is 1. The maximum atomic E-state index is 14.2. The molecular weight excluding hydrogens is 359 g/mol. The van der Waals surface area contributed by atoms with Gasteiger partial charge in [0.2, 0.25) is 0 Å². The lowest BCUT2D eigenvalue weighted by atomic mass is 9.79. The monoisotopic (exact) mass is 394 g/mol. The molecule has 2 aromatic carbocycles. The summed E-state index contributed by atoms with van der Waals surface area (Å²) in [6, 6.07) is 12.4. The van der Waals surface area contributed by atoms with Crippen LogP contribution in [0.3, 0.4) is 0 Å². The van der Waals surface area contributed by atoms with Crippen LogP contribution in [0.2, 0.25) is 0 Å². The highest BCUT2D eigenvalue weighted by atomic mass is 19.1. The number of fused-ring (bicyclic) bond motifs is 1. The normalized spacial score (nSPS) is 26.3. The fourth-order valence-corrected chi connectivity index (χ4v) is 5.60. The fourth-order valence-electron chi connectivity index (χ4n) is 5.60. The van der Waals surface area contributed by atoms with Crippen LogP contribution in [0, 0.1) is 17.2 Å². The Morgan fingerprint density at radius 2 is 2.00 bits per heavy atom. The molecule has 0 amide bonds. The Kier molecular flexibility index (Phi) is 5.99. The van der Waals surface area contributed by atoms with E-state index < -0.39 is 0 Å². The molecule has 3 atom stereocenters. The molecule has 4 rings (SSSR count). The topological polar surface area (TPSA) is 9.23 Å². The third-order valence-corrected chi connectivity index (χ3v) is 7.82. The molecule has 2 aliphatic carbocycles. The summed E-state index contributed by atoms with van der Waals surface area (Å²) < 4.78 is 19.6. The van der Waals surface area contributed by atoms with Crippen LogP contribution in [-0.2, 0) is 19.3 Å². The Morgan fingerprint density at radius 1 is 1.14 bits per heavy atom. The first-order valence-electron chi connectivity index (χ1n) is 11.4. The first-order chi connectivity index (χ1) is 14.0. The second-order valence-corrected chi connectivity index (χ2v) is 9.70. The van der Waals surface area contributed by atoms with Gasteiger partial charge in [0.25, 0.3) is 0 Å². The Morgan fingerprint density at radius 3 is 2.76 bits per heavy atom. The van der Waals surface area contributed by atoms with Gasteiger partial charge < -0.3 is 4.74 Å². The first kappa shape index (κ1) is 20.4. The number of hydrogen-bond donors (Lipinski definition) is 0. The number of halogens is 1. The van der Waals surface area contributed by atoms with Gasteiger partial charge in [0.1, 0.15) is 11.6 Å². The minimum absolute atomic E-state index is 0.138. The van der Waals surface area contributed by atoms with Gasteiger partial charge in [-0.2, -0.15) is 0 Å². The van der Waals surface area contributed by atoms with E-state index in [1.807, 2.05) is 6.07 Å². The Hall–Kier alpha value is -1.83. The number of ether oxygens (including phenoxy) is 1. The zero-order chi connectivity index (χ0) is 20.4. The Bertz CT molecular complexity index is 858. The smallest absolute Gasteiger partial charge is 0.130 e. The zero-order valence-corrected chi connectivity index (χ0v) is 18.3. The molecule has 0 radical (unpaired) electrons. The van der Waals surface area contributed by atoms with Crippen LogP contribution < -0.4 is 4.74 Å². The van der Waals surface area contributed by atoms with Gasteiger partial charge in [-0.1, -0.05) is 44.5 Å². The number of hydrogen-bond acceptors (Lipinski definition) is 1. The lowest BCUT2D eigenvalue weighted by molar-refractivity contribution is 0.319. The summed E-state index contributed by atoms with van der Waals surface area (Å²) in [6.45, 7) is 4.80. The summed E-state index contributed by atoms with van der Waals surface area (Å²) >= 11 is 0. The highest BCUT2D eigenvalue weighted by molar-refractivity contribution is 5.37. The number of benzene rings is 2. The minimum Gasteiger partial charge on any atom is -0.496 e. The molecule has 1 saturated carbocycles. The second-order valence-electron chi connectivity index (χ2n) is 9.70. The summed E-state index contributed by atoms with van der Waals surface area (Å²) in [4.78, 5) is 0. The molecule has 0 aliphatic heterocycles. The second kappa shape index (κ2) is 8.50. The van der Waals surface area contributed by atoms with E-state index in [0.29, 0.717) is 17.1 Å². The van der Waals surface area contributed by atoms with E-state index in [1.54, 1.807) is 30.4 Å². The van der Waals surface area contributed by atoms with Crippen LogP contribution in [0.15, 0.2) is 36.4 Å². The van der Waals surface area contributed by atoms with Crippen LogP contribution in [0.5, 0.6) is 5.75 Å². The van der Waals surface area contributed by atoms with Gasteiger partial charge in [-0.15, -0.1) is 0 Å². The lowest BCUT2D eigenvalue weighted by Gasteiger charge is -2.26. The zero-order valence-electron chi connectivity index (χ0n) is 18.3. The van der Waals surface area contributed by atoms with E-state index in [2.05, 4.69) is 32.0 Å². The van der Waals surface area contributed by atoms with Gasteiger partial charge in [0.05, 0.1) is 7.11 Å². The van der Waals surface area contributed by atoms with Crippen LogP contribution >= 0.6 is 0 Å². The van der Waals surface area contributed by atoms with Crippen molar-refractivity contribution in [1.29, 1.82) is 0 Å². The molecular formula is C27H35FO. The largest absolute Gasteiger partial charge is 0.496 e. The van der Waals surface area contributed by atoms with Gasteiger partial charge >= 0.3 is 0 Å². The summed E-state index contributed by atoms with van der Waals surface area (Å²) in [5, 5.41) is 0. The number of aryl methyl sites for hydroxylation is 1. The lowest BCUT2D eigenvalue weighted by Crippen LogP contribution is -2.16. The molecule has 1 fully saturated rings. The Balaban J connectivity index is 1.40. The van der Waals surface area contributed by atoms with Crippen LogP contribution in [-0.4, -0.2) is 7.11 Å². The molecule has 0 heterocycles.